The molecule has 0 radical (unpaired) electrons. The van der Waals surface area contributed by atoms with Gasteiger partial charge in [0.2, 0.25) is 5.16 Å². The molecule has 4 aromatic carbocycles. The second-order valence-corrected chi connectivity index (χ2v) is 13.1. The summed E-state index contributed by atoms with van der Waals surface area (Å²) in [4.78, 5) is 0.172. The zero-order chi connectivity index (χ0) is 30.5. The lowest BCUT2D eigenvalue weighted by Gasteiger charge is -2.41. The summed E-state index contributed by atoms with van der Waals surface area (Å²) in [5.74, 6) is 0.485. The van der Waals surface area contributed by atoms with E-state index in [1.807, 2.05) is 60.7 Å². The Labute approximate surface area is 260 Å². The van der Waals surface area contributed by atoms with E-state index in [0.717, 1.165) is 16.8 Å². The van der Waals surface area contributed by atoms with Crippen molar-refractivity contribution in [2.45, 2.75) is 42.1 Å². The first-order valence-electron chi connectivity index (χ1n) is 14.1. The van der Waals surface area contributed by atoms with Crippen molar-refractivity contribution in [2.75, 3.05) is 10.5 Å². The predicted octanol–water partition coefficient (Wildman–Crippen LogP) is 5.54. The molecule has 1 aliphatic rings. The van der Waals surface area contributed by atoms with E-state index in [4.69, 9.17) is 9.47 Å². The average molecular weight is 630 g/mol. The summed E-state index contributed by atoms with van der Waals surface area (Å²) in [6.07, 6.45) is -1.38. The second-order valence-electron chi connectivity index (χ2n) is 10.4. The van der Waals surface area contributed by atoms with Crippen molar-refractivity contribution in [1.82, 2.24) is 20.2 Å². The normalized spacial score (nSPS) is 20.3. The number of hydrogen-bond donors (Lipinski definition) is 2. The number of hydrogen-bond acceptors (Lipinski definition) is 9. The number of sulfonamides is 1. The highest BCUT2D eigenvalue weighted by Gasteiger charge is 2.38. The molecule has 1 fully saturated rings. The van der Waals surface area contributed by atoms with Crippen LogP contribution in [0.2, 0.25) is 0 Å². The minimum Gasteiger partial charge on any atom is -0.392 e. The predicted molar refractivity (Wildman–Crippen MR) is 167 cm³/mol. The molecular formula is C32H31N5O5S2. The third-order valence-electron chi connectivity index (χ3n) is 7.41. The van der Waals surface area contributed by atoms with Gasteiger partial charge in [-0.1, -0.05) is 91.5 Å². The first-order chi connectivity index (χ1) is 21.4. The third kappa shape index (κ3) is 6.69. The molecule has 0 bridgehead atoms. The minimum absolute atomic E-state index is 0.0474. The fourth-order valence-corrected chi connectivity index (χ4v) is 7.15. The molecule has 0 aliphatic carbocycles. The molecule has 12 heteroatoms. The maximum absolute atomic E-state index is 13.0. The van der Waals surface area contributed by atoms with Crippen LogP contribution in [0.5, 0.6) is 0 Å². The highest BCUT2D eigenvalue weighted by molar-refractivity contribution is 7.99. The fourth-order valence-electron chi connectivity index (χ4n) is 5.03. The Morgan fingerprint density at radius 1 is 0.886 bits per heavy atom. The molecule has 4 atom stereocenters. The molecule has 1 saturated heterocycles. The van der Waals surface area contributed by atoms with Gasteiger partial charge in [0.15, 0.2) is 6.29 Å². The Morgan fingerprint density at radius 3 is 2.34 bits per heavy atom. The van der Waals surface area contributed by atoms with E-state index in [9.17, 15) is 13.5 Å². The van der Waals surface area contributed by atoms with E-state index in [2.05, 4.69) is 27.2 Å². The van der Waals surface area contributed by atoms with Crippen molar-refractivity contribution in [3.63, 3.8) is 0 Å². The van der Waals surface area contributed by atoms with Crippen LogP contribution in [-0.2, 0) is 26.1 Å². The van der Waals surface area contributed by atoms with Crippen LogP contribution in [0.3, 0.4) is 0 Å². The Hall–Kier alpha value is -4.07. The smallest absolute Gasteiger partial charge is 0.261 e. The van der Waals surface area contributed by atoms with Gasteiger partial charge in [0.05, 0.1) is 29.4 Å². The quantitative estimate of drug-likeness (QED) is 0.191. The highest BCUT2D eigenvalue weighted by atomic mass is 32.2. The molecule has 10 nitrogen and oxygen atoms in total. The van der Waals surface area contributed by atoms with E-state index < -0.39 is 16.3 Å². The minimum atomic E-state index is -3.78. The number of nitrogens with zero attached hydrogens (tertiary/aromatic N) is 4. The molecule has 1 aromatic heterocycles. The molecule has 226 valence electrons. The van der Waals surface area contributed by atoms with Gasteiger partial charge >= 0.3 is 0 Å². The summed E-state index contributed by atoms with van der Waals surface area (Å²) in [6, 6.07) is 32.6. The number of tetrazole rings is 1. The van der Waals surface area contributed by atoms with Gasteiger partial charge in [-0.05, 0) is 58.0 Å². The molecular weight excluding hydrogens is 599 g/mol. The number of ether oxygens (including phenoxy) is 2. The second kappa shape index (κ2) is 13.3. The lowest BCUT2D eigenvalue weighted by molar-refractivity contribution is -0.268. The van der Waals surface area contributed by atoms with Gasteiger partial charge in [0.1, 0.15) is 0 Å². The van der Waals surface area contributed by atoms with E-state index >= 15 is 0 Å². The summed E-state index contributed by atoms with van der Waals surface area (Å²) in [6.45, 7) is 2.03. The number of thioether (sulfide) groups is 1. The van der Waals surface area contributed by atoms with Gasteiger partial charge in [-0.15, -0.1) is 5.10 Å². The van der Waals surface area contributed by atoms with E-state index in [1.165, 1.54) is 11.8 Å². The van der Waals surface area contributed by atoms with Gasteiger partial charge in [-0.3, -0.25) is 4.72 Å². The van der Waals surface area contributed by atoms with Crippen LogP contribution in [0.4, 0.5) is 5.69 Å². The van der Waals surface area contributed by atoms with Crippen molar-refractivity contribution in [1.29, 1.82) is 0 Å². The van der Waals surface area contributed by atoms with Crippen LogP contribution in [-0.4, -0.2) is 45.6 Å². The molecule has 2 heterocycles. The molecule has 0 spiro atoms. The summed E-state index contributed by atoms with van der Waals surface area (Å²) < 4.78 is 43.4. The van der Waals surface area contributed by atoms with Crippen molar-refractivity contribution < 1.29 is 23.0 Å². The topological polar surface area (TPSA) is 128 Å². The summed E-state index contributed by atoms with van der Waals surface area (Å²) in [5.41, 5.74) is 3.69. The number of para-hydroxylation sites is 1. The highest BCUT2D eigenvalue weighted by Crippen LogP contribution is 2.43. The fraction of sp³-hybridized carbons (Fsp3) is 0.219. The zero-order valence-electron chi connectivity index (χ0n) is 23.8. The van der Waals surface area contributed by atoms with Gasteiger partial charge in [-0.2, -0.15) is 4.68 Å². The van der Waals surface area contributed by atoms with Crippen LogP contribution >= 0.6 is 11.8 Å². The van der Waals surface area contributed by atoms with Crippen LogP contribution < -0.4 is 4.72 Å². The number of benzene rings is 4. The van der Waals surface area contributed by atoms with Crippen molar-refractivity contribution in [3.8, 4) is 5.69 Å². The Bertz CT molecular complexity index is 1790. The first-order valence-corrected chi connectivity index (χ1v) is 16.5. The molecule has 2 N–H and O–H groups in total. The summed E-state index contributed by atoms with van der Waals surface area (Å²) in [5, 5.41) is 22.5. The van der Waals surface area contributed by atoms with Gasteiger partial charge in [0.25, 0.3) is 10.0 Å². The Kier molecular flexibility index (Phi) is 9.05. The maximum atomic E-state index is 13.0. The molecule has 0 amide bonds. The first kappa shape index (κ1) is 30.0. The van der Waals surface area contributed by atoms with Crippen LogP contribution in [0.25, 0.3) is 5.69 Å². The number of rotatable bonds is 10. The molecule has 4 unspecified atom stereocenters. The van der Waals surface area contributed by atoms with Gasteiger partial charge in [-0.25, -0.2) is 8.42 Å². The van der Waals surface area contributed by atoms with Crippen LogP contribution in [0.1, 0.15) is 36.0 Å². The lowest BCUT2D eigenvalue weighted by Crippen LogP contribution is -2.38. The maximum Gasteiger partial charge on any atom is 0.261 e. The monoisotopic (exact) mass is 629 g/mol. The number of nitrogens with one attached hydrogen (secondary N) is 1. The average Bonchev–Trinajstić information content (AvgIpc) is 3.54. The molecule has 6 rings (SSSR count). The van der Waals surface area contributed by atoms with E-state index in [0.29, 0.717) is 22.2 Å². The number of aliphatic hydroxyl groups excluding tert-OH is 1. The van der Waals surface area contributed by atoms with Crippen molar-refractivity contribution >= 4 is 27.5 Å². The molecule has 1 aliphatic heterocycles. The van der Waals surface area contributed by atoms with Gasteiger partial charge in [0, 0.05) is 22.9 Å². The molecule has 5 aromatic rings. The number of aliphatic hydroxyl groups is 1. The summed E-state index contributed by atoms with van der Waals surface area (Å²) in [7, 11) is -3.78. The lowest BCUT2D eigenvalue weighted by atomic mass is 9.91. The molecule has 44 heavy (non-hydrogen) atoms. The standard InChI is InChI=1S/C32H31N5O5S2/c1-22-29(21-43-32-33-35-36-37(32)27-11-4-2-5-12-27)41-31(42-30(22)24-17-15-23(20-38)16-18-24)25-9-8-10-26(19-25)34-44(39,40)28-13-6-3-7-14-28/h2-19,22,29-31,34,38H,20-21H2,1H3. The van der Waals surface area contributed by atoms with Crippen molar-refractivity contribution in [3.05, 3.63) is 126 Å². The van der Waals surface area contributed by atoms with Crippen molar-refractivity contribution in [2.24, 2.45) is 5.92 Å². The SMILES string of the molecule is CC1C(CSc2nnnn2-c2ccccc2)OC(c2cccc(NS(=O)(=O)c3ccccc3)c2)OC1c1ccc(CO)cc1. The van der Waals surface area contributed by atoms with Gasteiger partial charge < -0.3 is 14.6 Å². The Balaban J connectivity index is 1.26. The summed E-state index contributed by atoms with van der Waals surface area (Å²) >= 11 is 1.49. The van der Waals surface area contributed by atoms with E-state index in [-0.39, 0.29) is 29.6 Å². The van der Waals surface area contributed by atoms with Crippen LogP contribution in [0.15, 0.2) is 119 Å². The van der Waals surface area contributed by atoms with Crippen LogP contribution in [0, 0.1) is 5.92 Å². The third-order valence-corrected chi connectivity index (χ3v) is 9.81. The molecule has 0 saturated carbocycles. The van der Waals surface area contributed by atoms with E-state index in [1.54, 1.807) is 53.2 Å². The zero-order valence-corrected chi connectivity index (χ0v) is 25.4. The Morgan fingerprint density at radius 2 is 1.61 bits per heavy atom. The number of anilines is 1. The largest absolute Gasteiger partial charge is 0.392 e. The number of aromatic nitrogens is 4.